The maximum Gasteiger partial charge on any atom is 0.267 e. The van der Waals surface area contributed by atoms with Gasteiger partial charge in [0.2, 0.25) is 29.1 Å². The number of amides is 3. The second-order valence-electron chi connectivity index (χ2n) is 12.5. The van der Waals surface area contributed by atoms with E-state index in [1.54, 1.807) is 49.1 Å². The highest BCUT2D eigenvalue weighted by Crippen LogP contribution is 2.50. The van der Waals surface area contributed by atoms with Crippen molar-refractivity contribution in [3.8, 4) is 39.9 Å². The van der Waals surface area contributed by atoms with Crippen LogP contribution in [0.5, 0.6) is 28.7 Å². The maximum absolute atomic E-state index is 13.8. The van der Waals surface area contributed by atoms with Gasteiger partial charge in [-0.05, 0) is 66.8 Å². The number of nitrogens with one attached hydrogen (secondary N) is 2. The van der Waals surface area contributed by atoms with Gasteiger partial charge in [0.25, 0.3) is 5.91 Å². The molecule has 13 heteroatoms. The lowest BCUT2D eigenvalue weighted by atomic mass is 9.95. The summed E-state index contributed by atoms with van der Waals surface area (Å²) in [7, 11) is 4.63. The second-order valence-corrected chi connectivity index (χ2v) is 12.5. The standard InChI is InChI=1S/C37H42N4O9/c1-21(36(44)40-14-16-41(17-15-40)37(45)32-20-49-29-8-6-7-9-30(29)50-32)38-27-13-11-24-25(19-28(27)43)26(39-22(2)42)12-10-23-18-31(46-3)34(47-4)35(48-5)33(23)24/h6-9,11,13,18-19,21,26,32H,10,12,14-17,20H2,1-5H3,(H,38,43)(H,39,42). The van der Waals surface area contributed by atoms with Gasteiger partial charge in [0.1, 0.15) is 12.6 Å². The Morgan fingerprint density at radius 2 is 1.60 bits per heavy atom. The molecule has 3 aliphatic rings. The number of hydrogen-bond donors (Lipinski definition) is 2. The minimum absolute atomic E-state index is 0.122. The molecule has 0 bridgehead atoms. The first kappa shape index (κ1) is 34.4. The van der Waals surface area contributed by atoms with Gasteiger partial charge in [-0.3, -0.25) is 19.2 Å². The predicted molar refractivity (Wildman–Crippen MR) is 185 cm³/mol. The minimum atomic E-state index is -0.752. The number of methoxy groups -OCH3 is 3. The largest absolute Gasteiger partial charge is 0.493 e. The zero-order valence-corrected chi connectivity index (χ0v) is 28.9. The third-order valence-electron chi connectivity index (χ3n) is 9.35. The number of benzene rings is 2. The van der Waals surface area contributed by atoms with Crippen LogP contribution in [0.3, 0.4) is 0 Å². The van der Waals surface area contributed by atoms with Crippen molar-refractivity contribution >= 4 is 23.4 Å². The van der Waals surface area contributed by atoms with Gasteiger partial charge in [0.05, 0.1) is 33.1 Å². The van der Waals surface area contributed by atoms with Crippen LogP contribution in [-0.2, 0) is 20.8 Å². The fraction of sp³-hybridized carbons (Fsp3) is 0.405. The Kier molecular flexibility index (Phi) is 10.0. The fourth-order valence-corrected chi connectivity index (χ4v) is 6.89. The molecule has 3 atom stereocenters. The van der Waals surface area contributed by atoms with Gasteiger partial charge in [0, 0.05) is 38.7 Å². The molecule has 0 spiro atoms. The van der Waals surface area contributed by atoms with Crippen LogP contribution in [0.4, 0.5) is 5.69 Å². The molecule has 1 fully saturated rings. The topological polar surface area (TPSA) is 145 Å². The molecule has 2 aliphatic heterocycles. The van der Waals surface area contributed by atoms with E-state index < -0.39 is 18.2 Å². The van der Waals surface area contributed by atoms with Crippen molar-refractivity contribution in [1.29, 1.82) is 0 Å². The summed E-state index contributed by atoms with van der Waals surface area (Å²) in [6, 6.07) is 12.9. The van der Waals surface area contributed by atoms with E-state index in [1.165, 1.54) is 20.1 Å². The van der Waals surface area contributed by atoms with Crippen LogP contribution in [-0.4, -0.2) is 93.8 Å². The number of fused-ring (bicyclic) bond motifs is 4. The summed E-state index contributed by atoms with van der Waals surface area (Å²) < 4.78 is 28.7. The summed E-state index contributed by atoms with van der Waals surface area (Å²) in [6.45, 7) is 4.63. The second kappa shape index (κ2) is 14.6. The number of aryl methyl sites for hydroxylation is 1. The van der Waals surface area contributed by atoms with Gasteiger partial charge in [-0.15, -0.1) is 0 Å². The van der Waals surface area contributed by atoms with Gasteiger partial charge in [-0.1, -0.05) is 18.2 Å². The summed E-state index contributed by atoms with van der Waals surface area (Å²) in [5.41, 5.74) is 2.85. The molecule has 3 aromatic rings. The van der Waals surface area contributed by atoms with Crippen molar-refractivity contribution in [1.82, 2.24) is 15.1 Å². The average molecular weight is 687 g/mol. The highest BCUT2D eigenvalue weighted by Gasteiger charge is 2.35. The van der Waals surface area contributed by atoms with Gasteiger partial charge in [-0.25, -0.2) is 0 Å². The SMILES string of the molecule is COc1cc2c(c(OC)c1OC)-c1ccc(NC(C)C(=O)N3CCN(C(=O)C4COc5ccccc5O4)CC3)c(=O)cc1C(NC(C)=O)CC2. The van der Waals surface area contributed by atoms with E-state index in [4.69, 9.17) is 23.7 Å². The minimum Gasteiger partial charge on any atom is -0.493 e. The van der Waals surface area contributed by atoms with Crippen molar-refractivity contribution < 1.29 is 38.1 Å². The summed E-state index contributed by atoms with van der Waals surface area (Å²) in [4.78, 5) is 56.2. The molecule has 2 N–H and O–H groups in total. The van der Waals surface area contributed by atoms with Crippen LogP contribution in [0.1, 0.15) is 37.4 Å². The lowest BCUT2D eigenvalue weighted by Gasteiger charge is -2.38. The Morgan fingerprint density at radius 1 is 0.900 bits per heavy atom. The smallest absolute Gasteiger partial charge is 0.267 e. The van der Waals surface area contributed by atoms with Crippen molar-refractivity contribution in [2.75, 3.05) is 59.4 Å². The quantitative estimate of drug-likeness (QED) is 0.363. The molecule has 1 aliphatic carbocycles. The molecule has 264 valence electrons. The molecule has 1 saturated heterocycles. The number of rotatable bonds is 8. The first-order valence-electron chi connectivity index (χ1n) is 16.6. The number of carbonyl (C=O) groups excluding carboxylic acids is 3. The van der Waals surface area contributed by atoms with Crippen LogP contribution in [0.15, 0.2) is 53.3 Å². The molecule has 3 amide bonds. The zero-order valence-electron chi connectivity index (χ0n) is 28.9. The van der Waals surface area contributed by atoms with Crippen molar-refractivity contribution in [2.24, 2.45) is 0 Å². The molecule has 0 saturated carbocycles. The Morgan fingerprint density at radius 3 is 2.28 bits per heavy atom. The molecule has 2 heterocycles. The van der Waals surface area contributed by atoms with Crippen LogP contribution in [0, 0.1) is 0 Å². The normalized spacial score (nSPS) is 18.4. The van der Waals surface area contributed by atoms with E-state index in [1.807, 2.05) is 24.3 Å². The third kappa shape index (κ3) is 6.72. The lowest BCUT2D eigenvalue weighted by Crippen LogP contribution is -2.56. The summed E-state index contributed by atoms with van der Waals surface area (Å²) in [5, 5.41) is 6.13. The highest BCUT2D eigenvalue weighted by molar-refractivity contribution is 5.87. The molecule has 13 nitrogen and oxygen atoms in total. The van der Waals surface area contributed by atoms with Crippen molar-refractivity contribution in [2.45, 2.75) is 44.9 Å². The molecule has 3 aromatic carbocycles. The van der Waals surface area contributed by atoms with E-state index in [2.05, 4.69) is 10.6 Å². The summed E-state index contributed by atoms with van der Waals surface area (Å²) >= 11 is 0. The molecule has 3 unspecified atom stereocenters. The third-order valence-corrected chi connectivity index (χ3v) is 9.35. The van der Waals surface area contributed by atoms with Gasteiger partial charge < -0.3 is 44.1 Å². The molecular formula is C37H42N4O9. The Bertz CT molecular complexity index is 1860. The van der Waals surface area contributed by atoms with Crippen LogP contribution < -0.4 is 39.7 Å². The molecule has 0 radical (unpaired) electrons. The van der Waals surface area contributed by atoms with Crippen LogP contribution in [0.2, 0.25) is 0 Å². The average Bonchev–Trinajstić information content (AvgIpc) is 3.37. The molecular weight excluding hydrogens is 644 g/mol. The lowest BCUT2D eigenvalue weighted by molar-refractivity contribution is -0.146. The molecule has 0 aromatic heterocycles. The Balaban J connectivity index is 1.21. The zero-order chi connectivity index (χ0) is 35.5. The van der Waals surface area contributed by atoms with Gasteiger partial charge in [0.15, 0.2) is 23.0 Å². The van der Waals surface area contributed by atoms with Crippen molar-refractivity contribution in [3.63, 3.8) is 0 Å². The fourth-order valence-electron chi connectivity index (χ4n) is 6.89. The van der Waals surface area contributed by atoms with E-state index >= 15 is 0 Å². The number of nitrogens with zero attached hydrogens (tertiary/aromatic N) is 2. The molecule has 50 heavy (non-hydrogen) atoms. The van der Waals surface area contributed by atoms with Crippen molar-refractivity contribution in [3.05, 3.63) is 69.9 Å². The monoisotopic (exact) mass is 686 g/mol. The first-order valence-corrected chi connectivity index (χ1v) is 16.6. The Hall–Kier alpha value is -5.46. The van der Waals surface area contributed by atoms with E-state index in [-0.39, 0.29) is 35.4 Å². The number of carbonyl (C=O) groups is 3. The highest BCUT2D eigenvalue weighted by atomic mass is 16.6. The van der Waals surface area contributed by atoms with Crippen LogP contribution >= 0.6 is 0 Å². The number of piperazine rings is 1. The van der Waals surface area contributed by atoms with Gasteiger partial charge >= 0.3 is 0 Å². The van der Waals surface area contributed by atoms with E-state index in [0.717, 1.165) is 11.1 Å². The predicted octanol–water partition coefficient (Wildman–Crippen LogP) is 3.17. The number of para-hydroxylation sites is 2. The number of hydrogen-bond acceptors (Lipinski definition) is 10. The van der Waals surface area contributed by atoms with Gasteiger partial charge in [-0.2, -0.15) is 0 Å². The first-order chi connectivity index (χ1) is 24.1. The number of ether oxygens (including phenoxy) is 5. The maximum atomic E-state index is 13.8. The number of anilines is 1. The Labute approximate surface area is 290 Å². The van der Waals surface area contributed by atoms with E-state index in [0.29, 0.717) is 78.9 Å². The summed E-state index contributed by atoms with van der Waals surface area (Å²) in [5.74, 6) is 1.90. The molecule has 6 rings (SSSR count). The van der Waals surface area contributed by atoms with E-state index in [9.17, 15) is 19.2 Å². The van der Waals surface area contributed by atoms with Crippen LogP contribution in [0.25, 0.3) is 11.1 Å². The summed E-state index contributed by atoms with van der Waals surface area (Å²) in [6.07, 6.45) is 0.354.